The van der Waals surface area contributed by atoms with Gasteiger partial charge in [0.25, 0.3) is 5.91 Å². The number of phenols is 1. The zero-order valence-electron chi connectivity index (χ0n) is 12.0. The number of amidine groups is 1. The highest BCUT2D eigenvalue weighted by Crippen LogP contribution is 2.33. The van der Waals surface area contributed by atoms with Gasteiger partial charge in [0.2, 0.25) is 0 Å². The normalized spacial score (nSPS) is 24.0. The number of thioether (sulfide) groups is 1. The van der Waals surface area contributed by atoms with Crippen molar-refractivity contribution in [3.05, 3.63) is 34.5 Å². The van der Waals surface area contributed by atoms with Gasteiger partial charge in [-0.3, -0.25) is 4.79 Å². The lowest BCUT2D eigenvalue weighted by atomic mass is 10.2. The molecule has 0 bridgehead atoms. The summed E-state index contributed by atoms with van der Waals surface area (Å²) in [6.45, 7) is 4.59. The molecule has 1 amide bonds. The summed E-state index contributed by atoms with van der Waals surface area (Å²) in [5, 5.41) is 13.7. The zero-order valence-corrected chi connectivity index (χ0v) is 12.9. The second-order valence-electron chi connectivity index (χ2n) is 5.26. The average Bonchev–Trinajstić information content (AvgIpc) is 2.83. The molecule has 0 saturated carbocycles. The van der Waals surface area contributed by atoms with Crippen LogP contribution in [-0.4, -0.2) is 46.8 Å². The summed E-state index contributed by atoms with van der Waals surface area (Å²) < 4.78 is 13.0. The fourth-order valence-electron chi connectivity index (χ4n) is 2.43. The Morgan fingerprint density at radius 1 is 1.55 bits per heavy atom. The third kappa shape index (κ3) is 3.00. The molecule has 7 heteroatoms. The van der Waals surface area contributed by atoms with Crippen molar-refractivity contribution in [1.29, 1.82) is 0 Å². The minimum atomic E-state index is -0.517. The van der Waals surface area contributed by atoms with Crippen LogP contribution in [0.4, 0.5) is 4.39 Å². The Balaban J connectivity index is 1.80. The van der Waals surface area contributed by atoms with E-state index in [1.807, 2.05) is 0 Å². The Morgan fingerprint density at radius 3 is 3.09 bits per heavy atom. The van der Waals surface area contributed by atoms with Crippen LogP contribution in [0.2, 0.25) is 0 Å². The Labute approximate surface area is 131 Å². The monoisotopic (exact) mass is 321 g/mol. The van der Waals surface area contributed by atoms with Crippen molar-refractivity contribution in [2.45, 2.75) is 13.0 Å². The van der Waals surface area contributed by atoms with E-state index >= 15 is 0 Å². The van der Waals surface area contributed by atoms with Crippen LogP contribution < -0.4 is 5.32 Å². The molecule has 2 N–H and O–H groups in total. The van der Waals surface area contributed by atoms with Gasteiger partial charge >= 0.3 is 0 Å². The largest absolute Gasteiger partial charge is 0.507 e. The zero-order chi connectivity index (χ0) is 15.7. The van der Waals surface area contributed by atoms with Crippen molar-refractivity contribution >= 4 is 28.9 Å². The van der Waals surface area contributed by atoms with Gasteiger partial charge in [-0.15, -0.1) is 0 Å². The molecule has 2 aliphatic heterocycles. The van der Waals surface area contributed by atoms with E-state index < -0.39 is 5.82 Å². The number of nitrogens with one attached hydrogen (secondary N) is 1. The van der Waals surface area contributed by atoms with Gasteiger partial charge in [0.1, 0.15) is 11.6 Å². The predicted molar refractivity (Wildman–Crippen MR) is 85.1 cm³/mol. The molecule has 1 aromatic rings. The van der Waals surface area contributed by atoms with Gasteiger partial charge in [-0.2, -0.15) is 4.99 Å². The summed E-state index contributed by atoms with van der Waals surface area (Å²) >= 11 is 1.29. The van der Waals surface area contributed by atoms with E-state index in [1.54, 1.807) is 6.08 Å². The van der Waals surface area contributed by atoms with Gasteiger partial charge in [0, 0.05) is 37.3 Å². The number of phenolic OH excluding ortho intramolecular Hbond substituents is 1. The molecule has 1 unspecified atom stereocenters. The summed E-state index contributed by atoms with van der Waals surface area (Å²) in [5.41, 5.74) is 0.405. The summed E-state index contributed by atoms with van der Waals surface area (Å²) in [7, 11) is 0. The van der Waals surface area contributed by atoms with Crippen molar-refractivity contribution < 1.29 is 14.3 Å². The van der Waals surface area contributed by atoms with Crippen LogP contribution in [0.1, 0.15) is 12.5 Å². The van der Waals surface area contributed by atoms with Gasteiger partial charge in [-0.1, -0.05) is 0 Å². The molecule has 5 nitrogen and oxygen atoms in total. The number of rotatable bonds is 1. The van der Waals surface area contributed by atoms with Crippen molar-refractivity contribution in [1.82, 2.24) is 10.2 Å². The second-order valence-corrected chi connectivity index (χ2v) is 6.27. The number of halogens is 1. The molecule has 0 aromatic heterocycles. The van der Waals surface area contributed by atoms with Crippen LogP contribution >= 0.6 is 11.8 Å². The summed E-state index contributed by atoms with van der Waals surface area (Å²) in [6.07, 6.45) is 1.55. The Hall–Kier alpha value is -1.86. The first-order chi connectivity index (χ1) is 10.5. The highest BCUT2D eigenvalue weighted by Gasteiger charge is 2.30. The minimum Gasteiger partial charge on any atom is -0.507 e. The van der Waals surface area contributed by atoms with Crippen molar-refractivity contribution in [3.63, 3.8) is 0 Å². The quantitative estimate of drug-likeness (QED) is 0.772. The number of carbonyl (C=O) groups excluding carboxylic acids is 1. The minimum absolute atomic E-state index is 0.190. The van der Waals surface area contributed by atoms with E-state index in [2.05, 4.69) is 22.1 Å². The Bertz CT molecular complexity index is 675. The lowest BCUT2D eigenvalue weighted by molar-refractivity contribution is -0.113. The fraction of sp³-hybridized carbons (Fsp3) is 0.333. The maximum atomic E-state index is 13.0. The fourth-order valence-corrected chi connectivity index (χ4v) is 3.46. The van der Waals surface area contributed by atoms with E-state index in [-0.39, 0.29) is 17.7 Å². The van der Waals surface area contributed by atoms with Crippen LogP contribution in [-0.2, 0) is 4.79 Å². The first-order valence-electron chi connectivity index (χ1n) is 7.03. The standard InChI is InChI=1S/C15H16FN3O2S/c1-9-8-17-4-5-19(9)15-18-14(21)13(22-15)6-10-2-3-11(16)7-12(10)20/h2-3,6-7,9,17,20H,4-5,8H2,1H3/b13-6-. The first kappa shape index (κ1) is 15.1. The highest BCUT2D eigenvalue weighted by atomic mass is 32.2. The number of hydrogen-bond donors (Lipinski definition) is 2. The smallest absolute Gasteiger partial charge is 0.286 e. The van der Waals surface area contributed by atoms with Gasteiger partial charge in [0.05, 0.1) is 4.91 Å². The molecule has 0 spiro atoms. The van der Waals surface area contributed by atoms with E-state index in [0.29, 0.717) is 15.6 Å². The number of aliphatic imine (C=N–C) groups is 1. The molecule has 2 heterocycles. The average molecular weight is 321 g/mol. The molecule has 1 atom stereocenters. The number of amides is 1. The maximum absolute atomic E-state index is 13.0. The van der Waals surface area contributed by atoms with Crippen LogP contribution in [0.3, 0.4) is 0 Å². The summed E-state index contributed by atoms with van der Waals surface area (Å²) in [6, 6.07) is 3.98. The molecular weight excluding hydrogens is 305 g/mol. The van der Waals surface area contributed by atoms with Crippen LogP contribution in [0.15, 0.2) is 28.1 Å². The Kier molecular flexibility index (Phi) is 4.17. The lowest BCUT2D eigenvalue weighted by Gasteiger charge is -2.34. The molecule has 22 heavy (non-hydrogen) atoms. The highest BCUT2D eigenvalue weighted by molar-refractivity contribution is 8.18. The SMILES string of the molecule is CC1CNCCN1C1=NC(=O)/C(=C/c2ccc(F)cc2O)S1. The predicted octanol–water partition coefficient (Wildman–Crippen LogP) is 1.80. The molecule has 2 aliphatic rings. The summed E-state index contributed by atoms with van der Waals surface area (Å²) in [5.74, 6) is -1.03. The topological polar surface area (TPSA) is 64.9 Å². The number of aromatic hydroxyl groups is 1. The van der Waals surface area contributed by atoms with Gasteiger partial charge in [0.15, 0.2) is 5.17 Å². The molecular formula is C15H16FN3O2S. The van der Waals surface area contributed by atoms with E-state index in [0.717, 1.165) is 25.7 Å². The molecule has 0 radical (unpaired) electrons. The lowest BCUT2D eigenvalue weighted by Crippen LogP contribution is -2.51. The molecule has 116 valence electrons. The number of benzene rings is 1. The molecule has 0 aliphatic carbocycles. The first-order valence-corrected chi connectivity index (χ1v) is 7.84. The van der Waals surface area contributed by atoms with E-state index in [1.165, 1.54) is 23.9 Å². The van der Waals surface area contributed by atoms with Crippen LogP contribution in [0.5, 0.6) is 5.75 Å². The number of carbonyl (C=O) groups is 1. The molecule has 3 rings (SSSR count). The van der Waals surface area contributed by atoms with Crippen molar-refractivity contribution in [3.8, 4) is 5.75 Å². The number of nitrogens with zero attached hydrogens (tertiary/aromatic N) is 2. The van der Waals surface area contributed by atoms with Gasteiger partial charge in [-0.25, -0.2) is 4.39 Å². The second kappa shape index (κ2) is 6.10. The molecule has 1 saturated heterocycles. The van der Waals surface area contributed by atoms with Crippen molar-refractivity contribution in [2.24, 2.45) is 4.99 Å². The number of hydrogen-bond acceptors (Lipinski definition) is 5. The van der Waals surface area contributed by atoms with Gasteiger partial charge < -0.3 is 15.3 Å². The molecule has 1 fully saturated rings. The van der Waals surface area contributed by atoms with Crippen LogP contribution in [0.25, 0.3) is 6.08 Å². The summed E-state index contributed by atoms with van der Waals surface area (Å²) in [4.78, 5) is 18.7. The number of piperazine rings is 1. The van der Waals surface area contributed by atoms with E-state index in [9.17, 15) is 14.3 Å². The Morgan fingerprint density at radius 2 is 2.36 bits per heavy atom. The third-order valence-electron chi connectivity index (χ3n) is 3.64. The van der Waals surface area contributed by atoms with Crippen molar-refractivity contribution in [2.75, 3.05) is 19.6 Å². The molecule has 1 aromatic carbocycles. The van der Waals surface area contributed by atoms with Gasteiger partial charge in [-0.05, 0) is 36.9 Å². The van der Waals surface area contributed by atoms with Crippen LogP contribution in [0, 0.1) is 5.82 Å². The van der Waals surface area contributed by atoms with E-state index in [4.69, 9.17) is 0 Å². The maximum Gasteiger partial charge on any atom is 0.286 e. The third-order valence-corrected chi connectivity index (χ3v) is 4.66.